The summed E-state index contributed by atoms with van der Waals surface area (Å²) in [5.41, 5.74) is 3.99. The second kappa shape index (κ2) is 5.97. The molecule has 21 heavy (non-hydrogen) atoms. The predicted octanol–water partition coefficient (Wildman–Crippen LogP) is 2.53. The van der Waals surface area contributed by atoms with Gasteiger partial charge in [-0.1, -0.05) is 36.4 Å². The molecule has 0 saturated heterocycles. The van der Waals surface area contributed by atoms with E-state index in [1.807, 2.05) is 48.5 Å². The van der Waals surface area contributed by atoms with Crippen LogP contribution in [0.5, 0.6) is 0 Å². The van der Waals surface area contributed by atoms with Crippen LogP contribution in [0.4, 0.5) is 11.4 Å². The highest BCUT2D eigenvalue weighted by atomic mass is 16.3. The Bertz CT molecular complexity index is 637. The average molecular weight is 282 g/mol. The van der Waals surface area contributed by atoms with Crippen molar-refractivity contribution in [1.82, 2.24) is 0 Å². The molecule has 4 heteroatoms. The largest absolute Gasteiger partial charge is 0.392 e. The quantitative estimate of drug-likeness (QED) is 0.909. The number of nitrogens with zero attached hydrogens (tertiary/aromatic N) is 1. The molecule has 2 aromatic rings. The Morgan fingerprint density at radius 2 is 1.76 bits per heavy atom. The lowest BCUT2D eigenvalue weighted by molar-refractivity contribution is -0.115. The maximum Gasteiger partial charge on any atom is 0.226 e. The highest BCUT2D eigenvalue weighted by Gasteiger charge is 2.18. The molecule has 1 amide bonds. The molecule has 0 aliphatic carbocycles. The predicted molar refractivity (Wildman–Crippen MR) is 83.1 cm³/mol. The number of rotatable bonds is 3. The van der Waals surface area contributed by atoms with Gasteiger partial charge < -0.3 is 15.3 Å². The second-order valence-corrected chi connectivity index (χ2v) is 5.21. The minimum Gasteiger partial charge on any atom is -0.392 e. The van der Waals surface area contributed by atoms with Crippen molar-refractivity contribution in [3.63, 3.8) is 0 Å². The van der Waals surface area contributed by atoms with Crippen molar-refractivity contribution >= 4 is 17.3 Å². The van der Waals surface area contributed by atoms with Gasteiger partial charge in [0.15, 0.2) is 0 Å². The van der Waals surface area contributed by atoms with E-state index in [-0.39, 0.29) is 12.5 Å². The van der Waals surface area contributed by atoms with Gasteiger partial charge in [-0.3, -0.25) is 4.79 Å². The fourth-order valence-corrected chi connectivity index (χ4v) is 2.56. The molecule has 0 saturated carbocycles. The smallest absolute Gasteiger partial charge is 0.226 e. The Balaban J connectivity index is 1.85. The normalized spacial score (nSPS) is 14.3. The Morgan fingerprint density at radius 3 is 2.52 bits per heavy atom. The zero-order valence-corrected chi connectivity index (χ0v) is 11.7. The van der Waals surface area contributed by atoms with E-state index in [1.165, 1.54) is 0 Å². The van der Waals surface area contributed by atoms with Crippen molar-refractivity contribution < 1.29 is 9.90 Å². The Kier molecular flexibility index (Phi) is 3.88. The summed E-state index contributed by atoms with van der Waals surface area (Å²) < 4.78 is 0. The number of aliphatic hydroxyl groups excluding tert-OH is 1. The molecular weight excluding hydrogens is 264 g/mol. The summed E-state index contributed by atoms with van der Waals surface area (Å²) >= 11 is 0. The van der Waals surface area contributed by atoms with E-state index in [4.69, 9.17) is 5.11 Å². The number of carbonyl (C=O) groups excluding carboxylic acids is 1. The molecule has 0 aromatic heterocycles. The molecule has 4 nitrogen and oxygen atoms in total. The molecule has 0 spiro atoms. The first kappa shape index (κ1) is 13.6. The number of amides is 1. The van der Waals surface area contributed by atoms with E-state index in [1.54, 1.807) is 0 Å². The summed E-state index contributed by atoms with van der Waals surface area (Å²) in [7, 11) is 0. The zero-order valence-electron chi connectivity index (χ0n) is 11.7. The van der Waals surface area contributed by atoms with Crippen molar-refractivity contribution in [2.75, 3.05) is 16.8 Å². The van der Waals surface area contributed by atoms with Crippen molar-refractivity contribution in [2.24, 2.45) is 0 Å². The number of aliphatic hydroxyl groups is 1. The fourth-order valence-electron chi connectivity index (χ4n) is 2.56. The van der Waals surface area contributed by atoms with Gasteiger partial charge >= 0.3 is 0 Å². The van der Waals surface area contributed by atoms with Gasteiger partial charge in [-0.25, -0.2) is 0 Å². The van der Waals surface area contributed by atoms with Crippen LogP contribution in [0.25, 0.3) is 0 Å². The lowest BCUT2D eigenvalue weighted by Gasteiger charge is -2.24. The molecule has 0 radical (unpaired) electrons. The average Bonchev–Trinajstić information content (AvgIpc) is 2.67. The molecule has 0 unspecified atom stereocenters. The zero-order chi connectivity index (χ0) is 14.7. The van der Waals surface area contributed by atoms with Crippen LogP contribution >= 0.6 is 0 Å². The van der Waals surface area contributed by atoms with Gasteiger partial charge in [0.2, 0.25) is 5.91 Å². The van der Waals surface area contributed by atoms with Crippen LogP contribution in [-0.4, -0.2) is 17.6 Å². The third-order valence-corrected chi connectivity index (χ3v) is 3.71. The number of hydrogen-bond donors (Lipinski definition) is 2. The van der Waals surface area contributed by atoms with Crippen LogP contribution in [0, 0.1) is 0 Å². The molecule has 1 aliphatic heterocycles. The highest BCUT2D eigenvalue weighted by Crippen LogP contribution is 2.29. The Morgan fingerprint density at radius 1 is 1.05 bits per heavy atom. The molecule has 0 bridgehead atoms. The standard InChI is InChI=1S/C17H18N2O2/c20-12-14-7-5-13(6-8-14)11-19-10-9-17(21)18-15-3-1-2-4-16(15)19/h1-8,20H,9-12H2,(H,18,21). The Hall–Kier alpha value is -2.33. The maximum atomic E-state index is 11.8. The minimum atomic E-state index is 0.0561. The topological polar surface area (TPSA) is 52.6 Å². The first-order valence-corrected chi connectivity index (χ1v) is 7.09. The summed E-state index contributed by atoms with van der Waals surface area (Å²) in [5.74, 6) is 0.0561. The van der Waals surface area contributed by atoms with Crippen molar-refractivity contribution in [3.05, 3.63) is 59.7 Å². The van der Waals surface area contributed by atoms with Crippen LogP contribution in [-0.2, 0) is 17.9 Å². The van der Waals surface area contributed by atoms with E-state index in [2.05, 4.69) is 10.2 Å². The van der Waals surface area contributed by atoms with Crippen LogP contribution in [0.3, 0.4) is 0 Å². The van der Waals surface area contributed by atoms with Crippen LogP contribution in [0.2, 0.25) is 0 Å². The molecular formula is C17H18N2O2. The number of hydrogen-bond acceptors (Lipinski definition) is 3. The molecule has 2 N–H and O–H groups in total. The van der Waals surface area contributed by atoms with E-state index in [9.17, 15) is 4.79 Å². The molecule has 108 valence electrons. The van der Waals surface area contributed by atoms with Gasteiger partial charge in [-0.15, -0.1) is 0 Å². The van der Waals surface area contributed by atoms with E-state index in [0.717, 1.165) is 29.0 Å². The molecule has 0 fully saturated rings. The summed E-state index contributed by atoms with van der Waals surface area (Å²) in [4.78, 5) is 14.0. The van der Waals surface area contributed by atoms with Crippen molar-refractivity contribution in [2.45, 2.75) is 19.6 Å². The van der Waals surface area contributed by atoms with Gasteiger partial charge in [-0.05, 0) is 23.3 Å². The second-order valence-electron chi connectivity index (χ2n) is 5.21. The van der Waals surface area contributed by atoms with Gasteiger partial charge in [0, 0.05) is 19.5 Å². The van der Waals surface area contributed by atoms with Gasteiger partial charge in [-0.2, -0.15) is 0 Å². The summed E-state index contributed by atoms with van der Waals surface area (Å²) in [6.45, 7) is 1.51. The molecule has 2 aromatic carbocycles. The highest BCUT2D eigenvalue weighted by molar-refractivity contribution is 5.96. The number of nitrogens with one attached hydrogen (secondary N) is 1. The van der Waals surface area contributed by atoms with Crippen LogP contribution < -0.4 is 10.2 Å². The van der Waals surface area contributed by atoms with E-state index < -0.39 is 0 Å². The lowest BCUT2D eigenvalue weighted by Crippen LogP contribution is -2.23. The summed E-state index contributed by atoms with van der Waals surface area (Å²) in [6.07, 6.45) is 0.489. The van der Waals surface area contributed by atoms with E-state index in [0.29, 0.717) is 13.0 Å². The SMILES string of the molecule is O=C1CCN(Cc2ccc(CO)cc2)c2ccccc2N1. The monoisotopic (exact) mass is 282 g/mol. The van der Waals surface area contributed by atoms with Crippen molar-refractivity contribution in [3.8, 4) is 0 Å². The van der Waals surface area contributed by atoms with Crippen molar-refractivity contribution in [1.29, 1.82) is 0 Å². The van der Waals surface area contributed by atoms with Gasteiger partial charge in [0.05, 0.1) is 18.0 Å². The van der Waals surface area contributed by atoms with Crippen LogP contribution in [0.15, 0.2) is 48.5 Å². The number of benzene rings is 2. The summed E-state index contributed by atoms with van der Waals surface area (Å²) in [6, 6.07) is 15.8. The first-order valence-electron chi connectivity index (χ1n) is 7.09. The number of para-hydroxylation sites is 2. The Labute approximate surface area is 124 Å². The third kappa shape index (κ3) is 3.06. The lowest BCUT2D eigenvalue weighted by atomic mass is 10.1. The number of carbonyl (C=O) groups is 1. The molecule has 1 aliphatic rings. The summed E-state index contributed by atoms with van der Waals surface area (Å²) in [5, 5.41) is 12.0. The fraction of sp³-hybridized carbons (Fsp3) is 0.235. The third-order valence-electron chi connectivity index (χ3n) is 3.71. The van der Waals surface area contributed by atoms with Gasteiger partial charge in [0.25, 0.3) is 0 Å². The number of fused-ring (bicyclic) bond motifs is 1. The first-order chi connectivity index (χ1) is 10.3. The van der Waals surface area contributed by atoms with Gasteiger partial charge in [0.1, 0.15) is 0 Å². The van der Waals surface area contributed by atoms with Crippen LogP contribution in [0.1, 0.15) is 17.5 Å². The van der Waals surface area contributed by atoms with E-state index >= 15 is 0 Å². The number of anilines is 2. The molecule has 0 atom stereocenters. The molecule has 1 heterocycles. The molecule has 3 rings (SSSR count). The maximum absolute atomic E-state index is 11.8. The minimum absolute atomic E-state index is 0.0561.